The van der Waals surface area contributed by atoms with E-state index in [1.807, 2.05) is 14.0 Å². The molecule has 1 saturated heterocycles. The van der Waals surface area contributed by atoms with Crippen LogP contribution in [0.15, 0.2) is 4.99 Å². The summed E-state index contributed by atoms with van der Waals surface area (Å²) in [6, 6.07) is 0.397. The van der Waals surface area contributed by atoms with Crippen LogP contribution in [0, 0.1) is 0 Å². The molecule has 1 saturated carbocycles. The van der Waals surface area contributed by atoms with E-state index in [-0.39, 0.29) is 24.0 Å². The molecule has 0 aromatic heterocycles. The van der Waals surface area contributed by atoms with Crippen LogP contribution in [0.3, 0.4) is 0 Å². The molecule has 0 bridgehead atoms. The molecular formula is C18H38IN5OS. The van der Waals surface area contributed by atoms with E-state index in [1.54, 1.807) is 0 Å². The highest BCUT2D eigenvalue weighted by molar-refractivity contribution is 14.0. The van der Waals surface area contributed by atoms with Gasteiger partial charge < -0.3 is 15.5 Å². The Morgan fingerprint density at radius 1 is 1.15 bits per heavy atom. The first-order valence-electron chi connectivity index (χ1n) is 9.95. The van der Waals surface area contributed by atoms with Gasteiger partial charge in [-0.05, 0) is 25.8 Å². The van der Waals surface area contributed by atoms with Gasteiger partial charge in [0.05, 0.1) is 0 Å². The number of hydrogen-bond acceptors (Lipinski definition) is 4. The molecular weight excluding hydrogens is 461 g/mol. The number of nitrogens with one attached hydrogen (secondary N) is 2. The maximum Gasteiger partial charge on any atom is 0.191 e. The average molecular weight is 500 g/mol. The Bertz CT molecular complexity index is 443. The predicted octanol–water partition coefficient (Wildman–Crippen LogP) is 1.49. The van der Waals surface area contributed by atoms with Crippen molar-refractivity contribution in [2.75, 3.05) is 58.6 Å². The van der Waals surface area contributed by atoms with Gasteiger partial charge in [0.2, 0.25) is 0 Å². The van der Waals surface area contributed by atoms with E-state index in [4.69, 9.17) is 0 Å². The monoisotopic (exact) mass is 499 g/mol. The predicted molar refractivity (Wildman–Crippen MR) is 123 cm³/mol. The molecule has 2 aliphatic rings. The average Bonchev–Trinajstić information content (AvgIpc) is 2.67. The van der Waals surface area contributed by atoms with E-state index in [0.29, 0.717) is 11.3 Å². The summed E-state index contributed by atoms with van der Waals surface area (Å²) in [6.07, 6.45) is 4.42. The van der Waals surface area contributed by atoms with Gasteiger partial charge in [-0.25, -0.2) is 0 Å². The number of aliphatic imine (C=N–C) groups is 1. The van der Waals surface area contributed by atoms with Crippen molar-refractivity contribution in [3.05, 3.63) is 0 Å². The summed E-state index contributed by atoms with van der Waals surface area (Å²) in [5.74, 6) is 1.66. The fourth-order valence-corrected chi connectivity index (χ4v) is 5.15. The molecule has 0 aromatic rings. The molecule has 0 spiro atoms. The SMILES string of the molecule is CCN1CCN(CCNC(=NC)NC2CCCC(S(=O)CC)C2)CC1.I. The van der Waals surface area contributed by atoms with E-state index in [0.717, 1.165) is 70.1 Å². The van der Waals surface area contributed by atoms with Crippen molar-refractivity contribution in [2.45, 2.75) is 50.8 Å². The maximum absolute atomic E-state index is 12.1. The van der Waals surface area contributed by atoms with Gasteiger partial charge in [0.25, 0.3) is 0 Å². The van der Waals surface area contributed by atoms with Gasteiger partial charge in [-0.1, -0.05) is 20.3 Å². The van der Waals surface area contributed by atoms with Crippen molar-refractivity contribution >= 4 is 40.7 Å². The van der Waals surface area contributed by atoms with E-state index < -0.39 is 10.8 Å². The number of guanidine groups is 1. The minimum absolute atomic E-state index is 0. The third-order valence-electron chi connectivity index (χ3n) is 5.48. The van der Waals surface area contributed by atoms with Crippen molar-refractivity contribution in [3.8, 4) is 0 Å². The van der Waals surface area contributed by atoms with Crippen LogP contribution in [-0.4, -0.2) is 89.9 Å². The lowest BCUT2D eigenvalue weighted by Crippen LogP contribution is -2.50. The minimum atomic E-state index is -0.674. The highest BCUT2D eigenvalue weighted by atomic mass is 127. The zero-order valence-electron chi connectivity index (χ0n) is 16.7. The van der Waals surface area contributed by atoms with Crippen LogP contribution < -0.4 is 10.6 Å². The third-order valence-corrected chi connectivity index (χ3v) is 7.22. The van der Waals surface area contributed by atoms with Gasteiger partial charge in [-0.2, -0.15) is 0 Å². The molecule has 0 aromatic carbocycles. The van der Waals surface area contributed by atoms with Crippen LogP contribution in [-0.2, 0) is 10.8 Å². The highest BCUT2D eigenvalue weighted by Gasteiger charge is 2.26. The molecule has 0 amide bonds. The fraction of sp³-hybridized carbons (Fsp3) is 0.944. The summed E-state index contributed by atoms with van der Waals surface area (Å²) in [5.41, 5.74) is 0. The largest absolute Gasteiger partial charge is 0.355 e. The molecule has 3 atom stereocenters. The van der Waals surface area contributed by atoms with Crippen molar-refractivity contribution < 1.29 is 4.21 Å². The Kier molecular flexibility index (Phi) is 12.3. The van der Waals surface area contributed by atoms with Gasteiger partial charge in [-0.3, -0.25) is 14.1 Å². The molecule has 154 valence electrons. The first-order chi connectivity index (χ1) is 12.2. The Labute approximate surface area is 179 Å². The molecule has 6 nitrogen and oxygen atoms in total. The maximum atomic E-state index is 12.1. The van der Waals surface area contributed by atoms with Gasteiger partial charge in [0.1, 0.15) is 0 Å². The zero-order chi connectivity index (χ0) is 18.1. The number of nitrogens with zero attached hydrogens (tertiary/aromatic N) is 3. The van der Waals surface area contributed by atoms with Crippen molar-refractivity contribution in [2.24, 2.45) is 4.99 Å². The molecule has 3 unspecified atom stereocenters. The molecule has 26 heavy (non-hydrogen) atoms. The summed E-state index contributed by atoms with van der Waals surface area (Å²) in [6.45, 7) is 12.1. The standard InChI is InChI=1S/C18H37N5OS.HI/c1-4-22-11-13-23(14-12-22)10-9-20-18(19-3)21-16-7-6-8-17(15-16)25(24)5-2;/h16-17H,4-15H2,1-3H3,(H2,19,20,21);1H. The van der Waals surface area contributed by atoms with Crippen molar-refractivity contribution in [1.82, 2.24) is 20.4 Å². The second kappa shape index (κ2) is 13.3. The van der Waals surface area contributed by atoms with E-state index in [9.17, 15) is 4.21 Å². The van der Waals surface area contributed by atoms with Crippen LogP contribution in [0.1, 0.15) is 39.5 Å². The quantitative estimate of drug-likeness (QED) is 0.316. The number of likely N-dealkylation sites (N-methyl/N-ethyl adjacent to an activating group) is 1. The molecule has 1 heterocycles. The van der Waals surface area contributed by atoms with Gasteiger partial charge >= 0.3 is 0 Å². The smallest absolute Gasteiger partial charge is 0.191 e. The summed E-state index contributed by atoms with van der Waals surface area (Å²) in [5, 5.41) is 7.35. The van der Waals surface area contributed by atoms with Crippen molar-refractivity contribution in [1.29, 1.82) is 0 Å². The molecule has 2 N–H and O–H groups in total. The Hall–Kier alpha value is 0.0700. The van der Waals surface area contributed by atoms with Crippen LogP contribution in [0.4, 0.5) is 0 Å². The third kappa shape index (κ3) is 7.98. The number of hydrogen-bond donors (Lipinski definition) is 2. The first kappa shape index (κ1) is 24.1. The lowest BCUT2D eigenvalue weighted by atomic mass is 9.95. The first-order valence-corrected chi connectivity index (χ1v) is 11.3. The van der Waals surface area contributed by atoms with Gasteiger partial charge in [-0.15, -0.1) is 24.0 Å². The fourth-order valence-electron chi connectivity index (χ4n) is 3.80. The van der Waals surface area contributed by atoms with Crippen LogP contribution in [0.5, 0.6) is 0 Å². The van der Waals surface area contributed by atoms with Crippen molar-refractivity contribution in [3.63, 3.8) is 0 Å². The molecule has 0 radical (unpaired) electrons. The Balaban J connectivity index is 0.00000338. The summed E-state index contributed by atoms with van der Waals surface area (Å²) < 4.78 is 12.1. The lowest BCUT2D eigenvalue weighted by Gasteiger charge is -2.34. The molecule has 8 heteroatoms. The number of rotatable bonds is 7. The lowest BCUT2D eigenvalue weighted by molar-refractivity contribution is 0.139. The van der Waals surface area contributed by atoms with E-state index >= 15 is 0 Å². The molecule has 2 fully saturated rings. The summed E-state index contributed by atoms with van der Waals surface area (Å²) >= 11 is 0. The van der Waals surface area contributed by atoms with Crippen LogP contribution >= 0.6 is 24.0 Å². The topological polar surface area (TPSA) is 60.0 Å². The van der Waals surface area contributed by atoms with Gasteiger partial charge in [0.15, 0.2) is 5.96 Å². The number of piperazine rings is 1. The second-order valence-electron chi connectivity index (χ2n) is 7.07. The molecule has 1 aliphatic heterocycles. The van der Waals surface area contributed by atoms with Crippen LogP contribution in [0.2, 0.25) is 0 Å². The Morgan fingerprint density at radius 2 is 1.85 bits per heavy atom. The summed E-state index contributed by atoms with van der Waals surface area (Å²) in [7, 11) is 1.16. The second-order valence-corrected chi connectivity index (χ2v) is 9.08. The zero-order valence-corrected chi connectivity index (χ0v) is 19.9. The summed E-state index contributed by atoms with van der Waals surface area (Å²) in [4.78, 5) is 9.40. The minimum Gasteiger partial charge on any atom is -0.355 e. The van der Waals surface area contributed by atoms with E-state index in [2.05, 4.69) is 32.3 Å². The molecule has 2 rings (SSSR count). The highest BCUT2D eigenvalue weighted by Crippen LogP contribution is 2.22. The van der Waals surface area contributed by atoms with Crippen LogP contribution in [0.25, 0.3) is 0 Å². The van der Waals surface area contributed by atoms with E-state index in [1.165, 1.54) is 13.1 Å². The number of halogens is 1. The Morgan fingerprint density at radius 3 is 2.46 bits per heavy atom. The van der Waals surface area contributed by atoms with Gasteiger partial charge in [0, 0.05) is 74.2 Å². The normalized spacial score (nSPS) is 26.8. The molecule has 1 aliphatic carbocycles.